The van der Waals surface area contributed by atoms with E-state index in [2.05, 4.69) is 19.4 Å². The number of nitrogens with zero attached hydrogens (tertiary/aromatic N) is 2. The molecule has 0 saturated carbocycles. The number of alkyl halides is 3. The molecule has 0 saturated heterocycles. The Balaban J connectivity index is 2.63. The Labute approximate surface area is 93.9 Å². The number of carbonyl (C=O) groups excluding carboxylic acids is 1. The van der Waals surface area contributed by atoms with E-state index in [-0.39, 0.29) is 18.3 Å². The minimum atomic E-state index is -5.05. The number of rotatable bonds is 4. The van der Waals surface area contributed by atoms with Gasteiger partial charge in [-0.1, -0.05) is 5.16 Å². The van der Waals surface area contributed by atoms with Crippen molar-refractivity contribution in [2.75, 3.05) is 6.54 Å². The van der Waals surface area contributed by atoms with E-state index in [1.807, 2.05) is 0 Å². The molecule has 0 amide bonds. The summed E-state index contributed by atoms with van der Waals surface area (Å²) in [4.78, 5) is 14.3. The van der Waals surface area contributed by atoms with Gasteiger partial charge in [0.25, 0.3) is 5.89 Å². The van der Waals surface area contributed by atoms with Crippen LogP contribution in [0.15, 0.2) is 4.52 Å². The highest BCUT2D eigenvalue weighted by molar-refractivity contribution is 5.75. The Hall–Kier alpha value is -1.64. The maximum absolute atomic E-state index is 11.9. The van der Waals surface area contributed by atoms with Gasteiger partial charge in [0.15, 0.2) is 11.9 Å². The average Bonchev–Trinajstić information content (AvgIpc) is 2.65. The smallest absolute Gasteiger partial charge is 0.446 e. The lowest BCUT2D eigenvalue weighted by Gasteiger charge is -2.10. The van der Waals surface area contributed by atoms with Gasteiger partial charge in [0, 0.05) is 6.42 Å². The van der Waals surface area contributed by atoms with Crippen LogP contribution >= 0.6 is 0 Å². The molecule has 9 heteroatoms. The molecule has 1 unspecified atom stereocenters. The number of ether oxygens (including phenoxy) is 1. The molecule has 0 aliphatic heterocycles. The number of hydrogen-bond acceptors (Lipinski definition) is 6. The maximum atomic E-state index is 11.9. The van der Waals surface area contributed by atoms with Crippen molar-refractivity contribution in [2.45, 2.75) is 25.6 Å². The fourth-order valence-corrected chi connectivity index (χ4v) is 0.941. The zero-order valence-electron chi connectivity index (χ0n) is 8.82. The molecule has 1 aromatic rings. The summed E-state index contributed by atoms with van der Waals surface area (Å²) >= 11 is 0. The molecule has 0 fully saturated rings. The van der Waals surface area contributed by atoms with Gasteiger partial charge < -0.3 is 15.0 Å². The minimum Gasteiger partial charge on any atom is -0.446 e. The summed E-state index contributed by atoms with van der Waals surface area (Å²) < 4.78 is 44.4. The number of aromatic nitrogens is 2. The molecular weight excluding hydrogens is 243 g/mol. The Bertz CT molecular complexity index is 391. The number of carbonyl (C=O) groups is 1. The molecule has 0 bridgehead atoms. The highest BCUT2D eigenvalue weighted by atomic mass is 19.4. The third-order valence-corrected chi connectivity index (χ3v) is 1.71. The Morgan fingerprint density at radius 2 is 2.24 bits per heavy atom. The highest BCUT2D eigenvalue weighted by Crippen LogP contribution is 2.22. The van der Waals surface area contributed by atoms with Crippen molar-refractivity contribution in [1.82, 2.24) is 10.1 Å². The second-order valence-corrected chi connectivity index (χ2v) is 3.13. The van der Waals surface area contributed by atoms with Crippen LogP contribution < -0.4 is 5.73 Å². The molecule has 1 heterocycles. The van der Waals surface area contributed by atoms with Gasteiger partial charge in [-0.3, -0.25) is 0 Å². The first kappa shape index (κ1) is 13.4. The Kier molecular flexibility index (Phi) is 4.05. The quantitative estimate of drug-likeness (QED) is 0.795. The number of esters is 1. The fourth-order valence-electron chi connectivity index (χ4n) is 0.941. The van der Waals surface area contributed by atoms with Gasteiger partial charge in [0.05, 0.1) is 0 Å². The van der Waals surface area contributed by atoms with Gasteiger partial charge in [-0.05, 0) is 13.5 Å². The number of nitrogens with two attached hydrogens (primary N) is 1. The summed E-state index contributed by atoms with van der Waals surface area (Å²) in [6.45, 7) is 1.47. The summed E-state index contributed by atoms with van der Waals surface area (Å²) in [5.74, 6) is -2.26. The van der Waals surface area contributed by atoms with E-state index >= 15 is 0 Å². The van der Waals surface area contributed by atoms with Crippen molar-refractivity contribution in [3.8, 4) is 0 Å². The summed E-state index contributed by atoms with van der Waals surface area (Å²) in [6.07, 6.45) is -5.99. The van der Waals surface area contributed by atoms with Crippen LogP contribution in [0.2, 0.25) is 0 Å². The molecule has 2 N–H and O–H groups in total. The molecule has 1 atom stereocenters. The van der Waals surface area contributed by atoms with Crippen LogP contribution in [-0.4, -0.2) is 28.8 Å². The maximum Gasteiger partial charge on any atom is 0.490 e. The largest absolute Gasteiger partial charge is 0.490 e. The molecule has 1 rings (SSSR count). The van der Waals surface area contributed by atoms with E-state index in [9.17, 15) is 18.0 Å². The van der Waals surface area contributed by atoms with Crippen LogP contribution in [0.1, 0.15) is 24.7 Å². The molecule has 0 spiro atoms. The van der Waals surface area contributed by atoms with Crippen LogP contribution in [0.4, 0.5) is 13.2 Å². The van der Waals surface area contributed by atoms with Crippen LogP contribution in [-0.2, 0) is 16.0 Å². The third kappa shape index (κ3) is 3.70. The fraction of sp³-hybridized carbons (Fsp3) is 0.625. The van der Waals surface area contributed by atoms with Gasteiger partial charge >= 0.3 is 12.1 Å². The molecule has 6 nitrogen and oxygen atoms in total. The van der Waals surface area contributed by atoms with Crippen LogP contribution in [0.3, 0.4) is 0 Å². The van der Waals surface area contributed by atoms with E-state index in [4.69, 9.17) is 5.73 Å². The summed E-state index contributed by atoms with van der Waals surface area (Å²) in [7, 11) is 0. The predicted molar refractivity (Wildman–Crippen MR) is 47.6 cm³/mol. The van der Waals surface area contributed by atoms with Crippen molar-refractivity contribution in [3.63, 3.8) is 0 Å². The van der Waals surface area contributed by atoms with E-state index < -0.39 is 18.2 Å². The second-order valence-electron chi connectivity index (χ2n) is 3.13. The lowest BCUT2D eigenvalue weighted by Crippen LogP contribution is -2.26. The topological polar surface area (TPSA) is 91.2 Å². The molecule has 0 aliphatic carbocycles. The summed E-state index contributed by atoms with van der Waals surface area (Å²) in [5, 5.41) is 3.46. The van der Waals surface area contributed by atoms with Crippen molar-refractivity contribution in [3.05, 3.63) is 11.7 Å². The highest BCUT2D eigenvalue weighted by Gasteiger charge is 2.42. The third-order valence-electron chi connectivity index (χ3n) is 1.71. The lowest BCUT2D eigenvalue weighted by atomic mass is 10.4. The first-order valence-electron chi connectivity index (χ1n) is 4.65. The molecule has 0 radical (unpaired) electrons. The number of halogens is 3. The van der Waals surface area contributed by atoms with Gasteiger partial charge in [-0.25, -0.2) is 4.79 Å². The zero-order chi connectivity index (χ0) is 13.1. The van der Waals surface area contributed by atoms with Crippen LogP contribution in [0.5, 0.6) is 0 Å². The Morgan fingerprint density at radius 3 is 2.76 bits per heavy atom. The standard InChI is InChI=1S/C8H10F3N3O3/c1-4(16-7(15)8(9,10)11)6-13-5(2-3-12)14-17-6/h4H,2-3,12H2,1H3. The predicted octanol–water partition coefficient (Wildman–Crippen LogP) is 0.737. The molecule has 1 aromatic heterocycles. The van der Waals surface area contributed by atoms with Gasteiger partial charge in [-0.2, -0.15) is 18.2 Å². The van der Waals surface area contributed by atoms with Gasteiger partial charge in [0.2, 0.25) is 0 Å². The van der Waals surface area contributed by atoms with E-state index in [0.717, 1.165) is 0 Å². The minimum absolute atomic E-state index is 0.203. The van der Waals surface area contributed by atoms with E-state index in [1.165, 1.54) is 6.92 Å². The van der Waals surface area contributed by atoms with Crippen LogP contribution in [0, 0.1) is 0 Å². The molecule has 0 aromatic carbocycles. The molecule has 17 heavy (non-hydrogen) atoms. The van der Waals surface area contributed by atoms with E-state index in [0.29, 0.717) is 6.42 Å². The van der Waals surface area contributed by atoms with Crippen molar-refractivity contribution in [2.24, 2.45) is 5.73 Å². The second kappa shape index (κ2) is 5.13. The molecule has 0 aliphatic rings. The first-order valence-corrected chi connectivity index (χ1v) is 4.65. The van der Waals surface area contributed by atoms with E-state index in [1.54, 1.807) is 0 Å². The van der Waals surface area contributed by atoms with Crippen molar-refractivity contribution >= 4 is 5.97 Å². The zero-order valence-corrected chi connectivity index (χ0v) is 8.82. The van der Waals surface area contributed by atoms with Gasteiger partial charge in [0.1, 0.15) is 0 Å². The monoisotopic (exact) mass is 253 g/mol. The SMILES string of the molecule is CC(OC(=O)C(F)(F)F)c1nc(CCN)no1. The van der Waals surface area contributed by atoms with Crippen LogP contribution in [0.25, 0.3) is 0 Å². The average molecular weight is 253 g/mol. The summed E-state index contributed by atoms with van der Waals surface area (Å²) in [5.41, 5.74) is 5.23. The Morgan fingerprint density at radius 1 is 1.59 bits per heavy atom. The first-order chi connectivity index (χ1) is 7.84. The van der Waals surface area contributed by atoms with Crippen molar-refractivity contribution in [1.29, 1.82) is 0 Å². The van der Waals surface area contributed by atoms with Crippen molar-refractivity contribution < 1.29 is 27.2 Å². The molecular formula is C8H10F3N3O3. The van der Waals surface area contributed by atoms with Gasteiger partial charge in [-0.15, -0.1) is 0 Å². The normalized spacial score (nSPS) is 13.5. The lowest BCUT2D eigenvalue weighted by molar-refractivity contribution is -0.205. The number of hydrogen-bond donors (Lipinski definition) is 1. The summed E-state index contributed by atoms with van der Waals surface area (Å²) in [6, 6.07) is 0. The molecule has 96 valence electrons.